The van der Waals surface area contributed by atoms with Crippen LogP contribution >= 0.6 is 11.3 Å². The highest BCUT2D eigenvalue weighted by atomic mass is 32.1. The number of nitrogens with zero attached hydrogens (tertiary/aromatic N) is 2. The Kier molecular flexibility index (Phi) is 7.27. The molecule has 7 nitrogen and oxygen atoms in total. The normalized spacial score (nSPS) is 10.4. The van der Waals surface area contributed by atoms with E-state index in [9.17, 15) is 4.79 Å². The standard InChI is InChI=1S/C12H22N4O3S/c1-16(2)12-15-11(19-4)9(20-12)7-13-8-10(17)14-5-6-18-3/h13H,5-8H2,1-4H3,(H,14,17). The van der Waals surface area contributed by atoms with Gasteiger partial charge < -0.3 is 25.0 Å². The van der Waals surface area contributed by atoms with E-state index >= 15 is 0 Å². The van der Waals surface area contributed by atoms with Crippen molar-refractivity contribution in [2.24, 2.45) is 0 Å². The Morgan fingerprint density at radius 3 is 2.75 bits per heavy atom. The summed E-state index contributed by atoms with van der Waals surface area (Å²) < 4.78 is 10.1. The molecule has 1 rings (SSSR count). The van der Waals surface area contributed by atoms with E-state index in [1.165, 1.54) is 0 Å². The van der Waals surface area contributed by atoms with Crippen LogP contribution in [0.15, 0.2) is 0 Å². The van der Waals surface area contributed by atoms with Crippen molar-refractivity contribution in [3.05, 3.63) is 4.88 Å². The highest BCUT2D eigenvalue weighted by Gasteiger charge is 2.13. The molecule has 2 N–H and O–H groups in total. The second kappa shape index (κ2) is 8.72. The first-order valence-corrected chi connectivity index (χ1v) is 7.07. The SMILES string of the molecule is COCCNC(=O)CNCc1sc(N(C)C)nc1OC. The monoisotopic (exact) mass is 302 g/mol. The number of methoxy groups -OCH3 is 2. The summed E-state index contributed by atoms with van der Waals surface area (Å²) in [7, 11) is 7.05. The number of carbonyl (C=O) groups excluding carboxylic acids is 1. The number of carbonyl (C=O) groups is 1. The summed E-state index contributed by atoms with van der Waals surface area (Å²) >= 11 is 1.54. The van der Waals surface area contributed by atoms with Gasteiger partial charge >= 0.3 is 0 Å². The van der Waals surface area contributed by atoms with Gasteiger partial charge in [-0.05, 0) is 0 Å². The van der Waals surface area contributed by atoms with Gasteiger partial charge in [0.15, 0.2) is 5.13 Å². The van der Waals surface area contributed by atoms with E-state index in [2.05, 4.69) is 15.6 Å². The Morgan fingerprint density at radius 2 is 2.15 bits per heavy atom. The second-order valence-electron chi connectivity index (χ2n) is 4.27. The predicted octanol–water partition coefficient (Wildman–Crippen LogP) is 0.0699. The van der Waals surface area contributed by atoms with Crippen molar-refractivity contribution in [1.29, 1.82) is 0 Å². The Labute approximate surface area is 123 Å². The number of ether oxygens (including phenoxy) is 2. The van der Waals surface area contributed by atoms with Crippen LogP contribution in [-0.2, 0) is 16.1 Å². The summed E-state index contributed by atoms with van der Waals surface area (Å²) in [5.74, 6) is 0.546. The predicted molar refractivity (Wildman–Crippen MR) is 79.6 cm³/mol. The van der Waals surface area contributed by atoms with E-state index in [-0.39, 0.29) is 12.5 Å². The number of hydrogen-bond acceptors (Lipinski definition) is 7. The van der Waals surface area contributed by atoms with Crippen molar-refractivity contribution in [3.8, 4) is 5.88 Å². The highest BCUT2D eigenvalue weighted by Crippen LogP contribution is 2.29. The molecule has 1 amide bonds. The number of aromatic nitrogens is 1. The van der Waals surface area contributed by atoms with Gasteiger partial charge in [0.25, 0.3) is 0 Å². The van der Waals surface area contributed by atoms with Crippen molar-refractivity contribution >= 4 is 22.4 Å². The largest absolute Gasteiger partial charge is 0.480 e. The van der Waals surface area contributed by atoms with Gasteiger partial charge in [0.2, 0.25) is 11.8 Å². The van der Waals surface area contributed by atoms with Crippen LogP contribution in [0.4, 0.5) is 5.13 Å². The van der Waals surface area contributed by atoms with Crippen LogP contribution in [-0.4, -0.2) is 58.9 Å². The molecule has 0 saturated carbocycles. The van der Waals surface area contributed by atoms with Gasteiger partial charge in [0.05, 0.1) is 25.1 Å². The van der Waals surface area contributed by atoms with Crippen LogP contribution in [0.2, 0.25) is 0 Å². The van der Waals surface area contributed by atoms with E-state index in [0.29, 0.717) is 25.6 Å². The minimum Gasteiger partial charge on any atom is -0.480 e. The minimum atomic E-state index is -0.0571. The molecule has 8 heteroatoms. The third kappa shape index (κ3) is 5.32. The van der Waals surface area contributed by atoms with Gasteiger partial charge in [-0.1, -0.05) is 11.3 Å². The molecule has 0 aliphatic rings. The summed E-state index contributed by atoms with van der Waals surface area (Å²) in [4.78, 5) is 18.7. The Hall–Kier alpha value is -1.38. The molecular weight excluding hydrogens is 280 g/mol. The molecule has 0 aromatic carbocycles. The maximum atomic E-state index is 11.5. The van der Waals surface area contributed by atoms with Crippen LogP contribution in [0, 0.1) is 0 Å². The van der Waals surface area contributed by atoms with Gasteiger partial charge in [0, 0.05) is 34.3 Å². The average Bonchev–Trinajstić information content (AvgIpc) is 2.82. The number of nitrogens with one attached hydrogen (secondary N) is 2. The number of thiazole rings is 1. The highest BCUT2D eigenvalue weighted by molar-refractivity contribution is 7.15. The molecule has 0 aliphatic carbocycles. The van der Waals surface area contributed by atoms with Crippen LogP contribution < -0.4 is 20.3 Å². The van der Waals surface area contributed by atoms with Crippen molar-refractivity contribution < 1.29 is 14.3 Å². The van der Waals surface area contributed by atoms with Crippen LogP contribution in [0.1, 0.15) is 4.88 Å². The Bertz CT molecular complexity index is 423. The maximum Gasteiger partial charge on any atom is 0.234 e. The summed E-state index contributed by atoms with van der Waals surface area (Å²) in [6, 6.07) is 0. The molecule has 0 saturated heterocycles. The van der Waals surface area contributed by atoms with Gasteiger partial charge in [-0.25, -0.2) is 0 Å². The lowest BCUT2D eigenvalue weighted by molar-refractivity contribution is -0.120. The molecule has 0 bridgehead atoms. The maximum absolute atomic E-state index is 11.5. The summed E-state index contributed by atoms with van der Waals surface area (Å²) in [5, 5.41) is 6.70. The van der Waals surface area contributed by atoms with E-state index in [0.717, 1.165) is 10.0 Å². The fraction of sp³-hybridized carbons (Fsp3) is 0.667. The van der Waals surface area contributed by atoms with Crippen molar-refractivity contribution in [2.45, 2.75) is 6.54 Å². The number of anilines is 1. The van der Waals surface area contributed by atoms with E-state index in [1.807, 2.05) is 19.0 Å². The zero-order valence-electron chi connectivity index (χ0n) is 12.4. The van der Waals surface area contributed by atoms with Gasteiger partial charge in [-0.2, -0.15) is 4.98 Å². The Morgan fingerprint density at radius 1 is 1.40 bits per heavy atom. The van der Waals surface area contributed by atoms with Crippen molar-refractivity contribution in [1.82, 2.24) is 15.6 Å². The van der Waals surface area contributed by atoms with Crippen molar-refractivity contribution in [3.63, 3.8) is 0 Å². The molecule has 20 heavy (non-hydrogen) atoms. The molecule has 1 aromatic heterocycles. The molecular formula is C12H22N4O3S. The lowest BCUT2D eigenvalue weighted by Crippen LogP contribution is -2.35. The first kappa shape index (κ1) is 16.7. The van der Waals surface area contributed by atoms with E-state index in [1.54, 1.807) is 25.6 Å². The molecule has 114 valence electrons. The first-order valence-electron chi connectivity index (χ1n) is 6.25. The molecule has 0 fully saturated rings. The molecule has 0 atom stereocenters. The van der Waals surface area contributed by atoms with Crippen LogP contribution in [0.25, 0.3) is 0 Å². The second-order valence-corrected chi connectivity index (χ2v) is 5.33. The van der Waals surface area contributed by atoms with Gasteiger partial charge in [-0.3, -0.25) is 4.79 Å². The summed E-state index contributed by atoms with van der Waals surface area (Å²) in [6.45, 7) is 1.83. The zero-order chi connectivity index (χ0) is 15.0. The topological polar surface area (TPSA) is 75.7 Å². The van der Waals surface area contributed by atoms with Crippen molar-refractivity contribution in [2.75, 3.05) is 52.9 Å². The number of amides is 1. The first-order chi connectivity index (χ1) is 9.58. The molecule has 1 heterocycles. The summed E-state index contributed by atoms with van der Waals surface area (Å²) in [6.07, 6.45) is 0. The molecule has 1 aromatic rings. The van der Waals surface area contributed by atoms with Gasteiger partial charge in [0.1, 0.15) is 0 Å². The van der Waals surface area contributed by atoms with E-state index in [4.69, 9.17) is 9.47 Å². The fourth-order valence-electron chi connectivity index (χ4n) is 1.43. The smallest absolute Gasteiger partial charge is 0.234 e. The van der Waals surface area contributed by atoms with Crippen LogP contribution in [0.3, 0.4) is 0 Å². The lowest BCUT2D eigenvalue weighted by Gasteiger charge is -2.06. The average molecular weight is 302 g/mol. The number of rotatable bonds is 9. The molecule has 0 aliphatic heterocycles. The Balaban J connectivity index is 2.39. The summed E-state index contributed by atoms with van der Waals surface area (Å²) in [5.41, 5.74) is 0. The minimum absolute atomic E-state index is 0.0571. The molecule has 0 unspecified atom stereocenters. The molecule has 0 spiro atoms. The lowest BCUT2D eigenvalue weighted by atomic mass is 10.4. The molecule has 0 radical (unpaired) electrons. The quantitative estimate of drug-likeness (QED) is 0.629. The third-order valence-corrected chi connectivity index (χ3v) is 3.63. The van der Waals surface area contributed by atoms with Crippen LogP contribution in [0.5, 0.6) is 5.88 Å². The number of hydrogen-bond donors (Lipinski definition) is 2. The fourth-order valence-corrected chi connectivity index (χ4v) is 2.35. The van der Waals surface area contributed by atoms with E-state index < -0.39 is 0 Å². The van der Waals surface area contributed by atoms with Gasteiger partial charge in [-0.15, -0.1) is 0 Å². The third-order valence-electron chi connectivity index (χ3n) is 2.43. The zero-order valence-corrected chi connectivity index (χ0v) is 13.2.